The molecule has 0 aromatic carbocycles. The van der Waals surface area contributed by atoms with Crippen molar-refractivity contribution in [3.8, 4) is 0 Å². The first-order valence-electron chi connectivity index (χ1n) is 8.76. The zero-order valence-corrected chi connectivity index (χ0v) is 15.1. The van der Waals surface area contributed by atoms with Crippen LogP contribution in [0.5, 0.6) is 0 Å². The number of amides is 1. The molecule has 132 valence electrons. The Bertz CT molecular complexity index is 470. The molecular formula is C18H31NO4. The lowest BCUT2D eigenvalue weighted by molar-refractivity contribution is -0.153. The summed E-state index contributed by atoms with van der Waals surface area (Å²) in [7, 11) is 0. The highest BCUT2D eigenvalue weighted by Crippen LogP contribution is 2.48. The maximum Gasteiger partial charge on any atom is 0.410 e. The summed E-state index contributed by atoms with van der Waals surface area (Å²) in [4.78, 5) is 26.0. The van der Waals surface area contributed by atoms with Crippen molar-refractivity contribution in [2.45, 2.75) is 65.9 Å². The van der Waals surface area contributed by atoms with Gasteiger partial charge < -0.3 is 14.7 Å². The van der Waals surface area contributed by atoms with E-state index in [4.69, 9.17) is 4.74 Å². The van der Waals surface area contributed by atoms with Crippen LogP contribution in [0.1, 0.15) is 60.3 Å². The Labute approximate surface area is 139 Å². The Balaban J connectivity index is 2.11. The molecule has 0 aromatic heterocycles. The molecule has 0 radical (unpaired) electrons. The van der Waals surface area contributed by atoms with Gasteiger partial charge in [0, 0.05) is 13.1 Å². The van der Waals surface area contributed by atoms with Gasteiger partial charge in [0.05, 0.1) is 5.41 Å². The normalized spacial score (nSPS) is 35.2. The van der Waals surface area contributed by atoms with Gasteiger partial charge >= 0.3 is 12.1 Å². The fourth-order valence-electron chi connectivity index (χ4n) is 4.05. The van der Waals surface area contributed by atoms with E-state index in [0.717, 1.165) is 19.3 Å². The third kappa shape index (κ3) is 3.81. The molecular weight excluding hydrogens is 294 g/mol. The van der Waals surface area contributed by atoms with E-state index in [1.165, 1.54) is 0 Å². The molecule has 1 saturated carbocycles. The summed E-state index contributed by atoms with van der Waals surface area (Å²) in [5.41, 5.74) is -1.36. The van der Waals surface area contributed by atoms with Crippen molar-refractivity contribution in [1.82, 2.24) is 4.90 Å². The van der Waals surface area contributed by atoms with Gasteiger partial charge in [0.1, 0.15) is 5.60 Å². The van der Waals surface area contributed by atoms with Gasteiger partial charge in [-0.3, -0.25) is 4.79 Å². The fourth-order valence-corrected chi connectivity index (χ4v) is 4.05. The van der Waals surface area contributed by atoms with Crippen molar-refractivity contribution < 1.29 is 19.4 Å². The van der Waals surface area contributed by atoms with Crippen LogP contribution >= 0.6 is 0 Å². The summed E-state index contributed by atoms with van der Waals surface area (Å²) in [6, 6.07) is 0. The summed E-state index contributed by atoms with van der Waals surface area (Å²) in [5.74, 6) is 0.593. The summed E-state index contributed by atoms with van der Waals surface area (Å²) in [6.45, 7) is 10.7. The van der Waals surface area contributed by atoms with E-state index in [1.807, 2.05) is 20.8 Å². The van der Waals surface area contributed by atoms with Crippen LogP contribution < -0.4 is 0 Å². The molecule has 5 nitrogen and oxygen atoms in total. The largest absolute Gasteiger partial charge is 0.481 e. The number of ether oxygens (including phenoxy) is 1. The minimum Gasteiger partial charge on any atom is -0.481 e. The number of carbonyl (C=O) groups excluding carboxylic acids is 1. The summed E-state index contributed by atoms with van der Waals surface area (Å²) >= 11 is 0. The Morgan fingerprint density at radius 3 is 2.35 bits per heavy atom. The maximum atomic E-state index is 12.3. The summed E-state index contributed by atoms with van der Waals surface area (Å²) in [6.07, 6.45) is 3.11. The lowest BCUT2D eigenvalue weighted by Crippen LogP contribution is -2.45. The van der Waals surface area contributed by atoms with E-state index in [9.17, 15) is 14.7 Å². The van der Waals surface area contributed by atoms with Crippen LogP contribution in [-0.4, -0.2) is 40.8 Å². The molecule has 0 spiro atoms. The van der Waals surface area contributed by atoms with E-state index in [1.54, 1.807) is 4.90 Å². The Hall–Kier alpha value is -1.26. The SMILES string of the molecule is CC1CCC(C2(C(=O)O)CCN(C(=O)OC(C)(C)C)C2)CC1C. The number of likely N-dealkylation sites (tertiary alicyclic amines) is 1. The molecule has 23 heavy (non-hydrogen) atoms. The smallest absolute Gasteiger partial charge is 0.410 e. The number of carbonyl (C=O) groups is 2. The lowest BCUT2D eigenvalue weighted by Gasteiger charge is -2.40. The van der Waals surface area contributed by atoms with Crippen molar-refractivity contribution in [3.05, 3.63) is 0 Å². The molecule has 1 heterocycles. The molecule has 1 aliphatic carbocycles. The van der Waals surface area contributed by atoms with Gasteiger partial charge in [-0.15, -0.1) is 0 Å². The predicted octanol–water partition coefficient (Wildman–Crippen LogP) is 3.77. The van der Waals surface area contributed by atoms with Crippen LogP contribution in [0.25, 0.3) is 0 Å². The minimum absolute atomic E-state index is 0.152. The second kappa shape index (κ2) is 6.33. The van der Waals surface area contributed by atoms with Crippen molar-refractivity contribution in [1.29, 1.82) is 0 Å². The molecule has 1 N–H and O–H groups in total. The highest BCUT2D eigenvalue weighted by Gasteiger charge is 2.53. The van der Waals surface area contributed by atoms with Gasteiger partial charge in [0.15, 0.2) is 0 Å². The van der Waals surface area contributed by atoms with Crippen molar-refractivity contribution >= 4 is 12.1 Å². The molecule has 1 amide bonds. The van der Waals surface area contributed by atoms with Gasteiger partial charge in [-0.1, -0.05) is 20.3 Å². The average molecular weight is 325 g/mol. The standard InChI is InChI=1S/C18H31NO4/c1-12-6-7-14(10-13(12)2)18(15(20)21)8-9-19(11-18)16(22)23-17(3,4)5/h12-14H,6-11H2,1-5H3,(H,20,21). The maximum absolute atomic E-state index is 12.3. The lowest BCUT2D eigenvalue weighted by atomic mass is 9.63. The average Bonchev–Trinajstić information content (AvgIpc) is 2.86. The molecule has 0 bridgehead atoms. The van der Waals surface area contributed by atoms with Crippen LogP contribution in [0.15, 0.2) is 0 Å². The topological polar surface area (TPSA) is 66.8 Å². The molecule has 1 aliphatic heterocycles. The third-order valence-corrected chi connectivity index (χ3v) is 5.76. The second-order valence-corrected chi connectivity index (χ2v) is 8.58. The molecule has 2 rings (SSSR count). The highest BCUT2D eigenvalue weighted by atomic mass is 16.6. The van der Waals surface area contributed by atoms with Crippen LogP contribution in [-0.2, 0) is 9.53 Å². The fraction of sp³-hybridized carbons (Fsp3) is 0.889. The zero-order valence-electron chi connectivity index (χ0n) is 15.1. The monoisotopic (exact) mass is 325 g/mol. The predicted molar refractivity (Wildman–Crippen MR) is 88.2 cm³/mol. The van der Waals surface area contributed by atoms with Crippen molar-refractivity contribution in [2.75, 3.05) is 13.1 Å². The number of rotatable bonds is 2. The van der Waals surface area contributed by atoms with Crippen molar-refractivity contribution in [2.24, 2.45) is 23.2 Å². The Morgan fingerprint density at radius 1 is 1.17 bits per heavy atom. The number of nitrogens with zero attached hydrogens (tertiary/aromatic N) is 1. The Morgan fingerprint density at radius 2 is 1.83 bits per heavy atom. The van der Waals surface area contributed by atoms with Crippen LogP contribution in [0.4, 0.5) is 4.79 Å². The van der Waals surface area contributed by atoms with Crippen LogP contribution in [0.3, 0.4) is 0 Å². The molecule has 0 aromatic rings. The van der Waals surface area contributed by atoms with E-state index in [2.05, 4.69) is 13.8 Å². The molecule has 2 aliphatic rings. The molecule has 1 saturated heterocycles. The first-order chi connectivity index (χ1) is 10.5. The van der Waals surface area contributed by atoms with E-state index >= 15 is 0 Å². The molecule has 2 fully saturated rings. The number of carboxylic acid groups (broad SMARTS) is 1. The molecule has 4 atom stereocenters. The van der Waals surface area contributed by atoms with Crippen LogP contribution in [0, 0.1) is 23.2 Å². The quantitative estimate of drug-likeness (QED) is 0.839. The third-order valence-electron chi connectivity index (χ3n) is 5.76. The molecule has 5 heteroatoms. The highest BCUT2D eigenvalue weighted by molar-refractivity contribution is 5.78. The minimum atomic E-state index is -0.800. The van der Waals surface area contributed by atoms with E-state index < -0.39 is 23.1 Å². The summed E-state index contributed by atoms with van der Waals surface area (Å²) in [5, 5.41) is 9.92. The number of hydrogen-bond acceptors (Lipinski definition) is 3. The molecule has 4 unspecified atom stereocenters. The number of carboxylic acids is 1. The van der Waals surface area contributed by atoms with Gasteiger partial charge in [-0.05, 0) is 57.8 Å². The van der Waals surface area contributed by atoms with E-state index in [-0.39, 0.29) is 12.5 Å². The van der Waals surface area contributed by atoms with Gasteiger partial charge in [0.2, 0.25) is 0 Å². The van der Waals surface area contributed by atoms with Gasteiger partial charge in [0.25, 0.3) is 0 Å². The first-order valence-corrected chi connectivity index (χ1v) is 8.76. The summed E-state index contributed by atoms with van der Waals surface area (Å²) < 4.78 is 5.41. The van der Waals surface area contributed by atoms with Crippen LogP contribution in [0.2, 0.25) is 0 Å². The van der Waals surface area contributed by atoms with Gasteiger partial charge in [-0.25, -0.2) is 4.79 Å². The second-order valence-electron chi connectivity index (χ2n) is 8.58. The zero-order chi connectivity index (χ0) is 17.4. The Kier molecular flexibility index (Phi) is 4.97. The van der Waals surface area contributed by atoms with E-state index in [0.29, 0.717) is 24.8 Å². The number of aliphatic carboxylic acids is 1. The van der Waals surface area contributed by atoms with Crippen molar-refractivity contribution in [3.63, 3.8) is 0 Å². The van der Waals surface area contributed by atoms with Gasteiger partial charge in [-0.2, -0.15) is 0 Å². The number of hydrogen-bond donors (Lipinski definition) is 1. The first kappa shape index (κ1) is 18.1.